The first-order valence-corrected chi connectivity index (χ1v) is 7.24. The van der Waals surface area contributed by atoms with Gasteiger partial charge in [-0.25, -0.2) is 0 Å². The lowest BCUT2D eigenvalue weighted by Crippen LogP contribution is -2.43. The molecule has 1 aliphatic heterocycles. The van der Waals surface area contributed by atoms with Crippen LogP contribution < -0.4 is 11.1 Å². The highest BCUT2D eigenvalue weighted by atomic mass is 16.5. The Kier molecular flexibility index (Phi) is 6.26. The van der Waals surface area contributed by atoms with Gasteiger partial charge in [-0.05, 0) is 27.2 Å². The third-order valence-corrected chi connectivity index (χ3v) is 3.54. The molecule has 1 saturated heterocycles. The van der Waals surface area contributed by atoms with Gasteiger partial charge in [0.2, 0.25) is 5.91 Å². The Hall–Kier alpha value is -1.30. The predicted molar refractivity (Wildman–Crippen MR) is 80.5 cm³/mol. The number of guanidine groups is 1. The highest BCUT2D eigenvalue weighted by molar-refractivity contribution is 5.82. The van der Waals surface area contributed by atoms with Gasteiger partial charge >= 0.3 is 0 Å². The first-order valence-electron chi connectivity index (χ1n) is 7.24. The summed E-state index contributed by atoms with van der Waals surface area (Å²) in [5, 5.41) is 3.25. The molecule has 6 nitrogen and oxygen atoms in total. The van der Waals surface area contributed by atoms with Crippen LogP contribution in [-0.4, -0.2) is 56.7 Å². The van der Waals surface area contributed by atoms with Crippen molar-refractivity contribution in [3.63, 3.8) is 0 Å². The van der Waals surface area contributed by atoms with Crippen LogP contribution in [0.25, 0.3) is 0 Å². The first kappa shape index (κ1) is 16.8. The van der Waals surface area contributed by atoms with Gasteiger partial charge in [0.05, 0.1) is 18.6 Å². The highest BCUT2D eigenvalue weighted by Gasteiger charge is 2.25. The number of hydrogen-bond donors (Lipinski definition) is 2. The molecular weight excluding hydrogens is 256 g/mol. The predicted octanol–water partition coefficient (Wildman–Crippen LogP) is 0.432. The number of carbonyl (C=O) groups excluding carboxylic acids is 1. The van der Waals surface area contributed by atoms with Gasteiger partial charge in [-0.3, -0.25) is 9.79 Å². The standard InChI is InChI=1S/C14H28N4O2/c1-5-16-13(17-10-14(2,3)12(15)19)18(4)8-11-6-7-20-9-11/h11H,5-10H2,1-4H3,(H2,15,19)(H,16,17). The summed E-state index contributed by atoms with van der Waals surface area (Å²) in [6, 6.07) is 0. The SMILES string of the molecule is CCNC(=NCC(C)(C)C(N)=O)N(C)CC1CCOC1. The number of hydrogen-bond acceptors (Lipinski definition) is 3. The second-order valence-corrected chi connectivity index (χ2v) is 6.03. The molecule has 1 fully saturated rings. The molecule has 0 radical (unpaired) electrons. The molecule has 1 rings (SSSR count). The number of aliphatic imine (C=N–C) groups is 1. The summed E-state index contributed by atoms with van der Waals surface area (Å²) in [4.78, 5) is 18.0. The number of ether oxygens (including phenoxy) is 1. The van der Waals surface area contributed by atoms with E-state index in [1.165, 1.54) is 0 Å². The minimum absolute atomic E-state index is 0.330. The lowest BCUT2D eigenvalue weighted by atomic mass is 9.93. The number of primary amides is 1. The Bertz CT molecular complexity index is 349. The Morgan fingerprint density at radius 2 is 2.25 bits per heavy atom. The smallest absolute Gasteiger partial charge is 0.224 e. The van der Waals surface area contributed by atoms with E-state index < -0.39 is 5.41 Å². The first-order chi connectivity index (χ1) is 9.36. The Morgan fingerprint density at radius 3 is 2.75 bits per heavy atom. The van der Waals surface area contributed by atoms with Gasteiger partial charge in [0, 0.05) is 32.7 Å². The molecule has 0 aliphatic carbocycles. The van der Waals surface area contributed by atoms with Gasteiger partial charge < -0.3 is 20.7 Å². The van der Waals surface area contributed by atoms with E-state index in [9.17, 15) is 4.79 Å². The normalized spacial score (nSPS) is 20.0. The van der Waals surface area contributed by atoms with E-state index in [-0.39, 0.29) is 5.91 Å². The van der Waals surface area contributed by atoms with Crippen molar-refractivity contribution in [2.45, 2.75) is 27.2 Å². The minimum Gasteiger partial charge on any atom is -0.381 e. The van der Waals surface area contributed by atoms with Gasteiger partial charge in [-0.2, -0.15) is 0 Å². The Labute approximate surface area is 121 Å². The minimum atomic E-state index is -0.627. The van der Waals surface area contributed by atoms with Crippen LogP contribution in [0.15, 0.2) is 4.99 Å². The van der Waals surface area contributed by atoms with E-state index in [1.807, 2.05) is 27.8 Å². The molecule has 3 N–H and O–H groups in total. The summed E-state index contributed by atoms with van der Waals surface area (Å²) < 4.78 is 5.40. The van der Waals surface area contributed by atoms with Crippen molar-refractivity contribution in [2.24, 2.45) is 22.1 Å². The highest BCUT2D eigenvalue weighted by Crippen LogP contribution is 2.15. The van der Waals surface area contributed by atoms with Crippen molar-refractivity contribution in [3.05, 3.63) is 0 Å². The van der Waals surface area contributed by atoms with Crippen LogP contribution in [0.5, 0.6) is 0 Å². The van der Waals surface area contributed by atoms with Crippen LogP contribution in [0, 0.1) is 11.3 Å². The quantitative estimate of drug-likeness (QED) is 0.547. The van der Waals surface area contributed by atoms with E-state index in [1.54, 1.807) is 0 Å². The number of rotatable bonds is 6. The topological polar surface area (TPSA) is 79.9 Å². The molecule has 0 spiro atoms. The summed E-state index contributed by atoms with van der Waals surface area (Å²) >= 11 is 0. The average molecular weight is 284 g/mol. The molecule has 0 saturated carbocycles. The summed E-state index contributed by atoms with van der Waals surface area (Å²) in [7, 11) is 2.01. The van der Waals surface area contributed by atoms with Crippen LogP contribution in [-0.2, 0) is 9.53 Å². The van der Waals surface area contributed by atoms with Crippen molar-refractivity contribution in [1.82, 2.24) is 10.2 Å². The fourth-order valence-electron chi connectivity index (χ4n) is 2.02. The molecule has 1 heterocycles. The van der Waals surface area contributed by atoms with E-state index in [0.717, 1.165) is 38.7 Å². The van der Waals surface area contributed by atoms with Crippen molar-refractivity contribution >= 4 is 11.9 Å². The summed E-state index contributed by atoms with van der Waals surface area (Å²) in [6.07, 6.45) is 1.09. The van der Waals surface area contributed by atoms with Crippen LogP contribution >= 0.6 is 0 Å². The summed E-state index contributed by atoms with van der Waals surface area (Å²) in [5.41, 5.74) is 4.75. The third kappa shape index (κ3) is 5.00. The molecule has 0 aromatic carbocycles. The van der Waals surface area contributed by atoms with E-state index >= 15 is 0 Å². The largest absolute Gasteiger partial charge is 0.381 e. The number of nitrogens with one attached hydrogen (secondary N) is 1. The molecule has 1 amide bonds. The van der Waals surface area contributed by atoms with Crippen molar-refractivity contribution in [1.29, 1.82) is 0 Å². The van der Waals surface area contributed by atoms with E-state index in [2.05, 4.69) is 15.2 Å². The van der Waals surface area contributed by atoms with Gasteiger partial charge in [-0.15, -0.1) is 0 Å². The van der Waals surface area contributed by atoms with Gasteiger partial charge in [0.15, 0.2) is 5.96 Å². The number of amides is 1. The molecule has 1 unspecified atom stereocenters. The molecule has 0 bridgehead atoms. The Balaban J connectivity index is 2.63. The van der Waals surface area contributed by atoms with E-state index in [4.69, 9.17) is 10.5 Å². The van der Waals surface area contributed by atoms with Gasteiger partial charge in [0.25, 0.3) is 0 Å². The fourth-order valence-corrected chi connectivity index (χ4v) is 2.02. The molecular formula is C14H28N4O2. The van der Waals surface area contributed by atoms with Crippen LogP contribution in [0.3, 0.4) is 0 Å². The molecule has 20 heavy (non-hydrogen) atoms. The van der Waals surface area contributed by atoms with Gasteiger partial charge in [-0.1, -0.05) is 0 Å². The maximum atomic E-state index is 11.3. The van der Waals surface area contributed by atoms with E-state index in [0.29, 0.717) is 12.5 Å². The number of nitrogens with zero attached hydrogens (tertiary/aromatic N) is 2. The molecule has 0 aromatic rings. The number of carbonyl (C=O) groups is 1. The molecule has 6 heteroatoms. The molecule has 0 aromatic heterocycles. The number of nitrogens with two attached hydrogens (primary N) is 1. The maximum Gasteiger partial charge on any atom is 0.224 e. The Morgan fingerprint density at radius 1 is 1.55 bits per heavy atom. The summed E-state index contributed by atoms with van der Waals surface area (Å²) in [6.45, 7) is 9.40. The van der Waals surface area contributed by atoms with Crippen molar-refractivity contribution in [2.75, 3.05) is 39.9 Å². The molecule has 116 valence electrons. The van der Waals surface area contributed by atoms with Gasteiger partial charge in [0.1, 0.15) is 0 Å². The molecule has 1 atom stereocenters. The monoisotopic (exact) mass is 284 g/mol. The van der Waals surface area contributed by atoms with Crippen molar-refractivity contribution in [3.8, 4) is 0 Å². The fraction of sp³-hybridized carbons (Fsp3) is 0.857. The second kappa shape index (κ2) is 7.47. The third-order valence-electron chi connectivity index (χ3n) is 3.54. The average Bonchev–Trinajstić information content (AvgIpc) is 2.86. The summed E-state index contributed by atoms with van der Waals surface area (Å²) in [5.74, 6) is 1.03. The van der Waals surface area contributed by atoms with Crippen LogP contribution in [0.4, 0.5) is 0 Å². The van der Waals surface area contributed by atoms with Crippen molar-refractivity contribution < 1.29 is 9.53 Å². The zero-order valence-corrected chi connectivity index (χ0v) is 13.1. The maximum absolute atomic E-state index is 11.3. The molecule has 1 aliphatic rings. The zero-order valence-electron chi connectivity index (χ0n) is 13.1. The zero-order chi connectivity index (χ0) is 15.2. The lowest BCUT2D eigenvalue weighted by molar-refractivity contribution is -0.125. The second-order valence-electron chi connectivity index (χ2n) is 6.03. The lowest BCUT2D eigenvalue weighted by Gasteiger charge is -2.26. The van der Waals surface area contributed by atoms with Crippen LogP contribution in [0.1, 0.15) is 27.2 Å². The van der Waals surface area contributed by atoms with Crippen LogP contribution in [0.2, 0.25) is 0 Å².